The molecule has 0 radical (unpaired) electrons. The van der Waals surface area contributed by atoms with Crippen LogP contribution >= 0.6 is 0 Å². The lowest BCUT2D eigenvalue weighted by atomic mass is 9.92. The first kappa shape index (κ1) is 18.5. The van der Waals surface area contributed by atoms with Crippen molar-refractivity contribution in [1.29, 1.82) is 0 Å². The second-order valence-electron chi connectivity index (χ2n) is 6.94. The van der Waals surface area contributed by atoms with Crippen molar-refractivity contribution in [1.82, 2.24) is 15.1 Å². The average Bonchev–Trinajstić information content (AvgIpc) is 2.79. The van der Waals surface area contributed by atoms with Crippen molar-refractivity contribution < 1.29 is 4.79 Å². The SMILES string of the molecule is CCCCCCCCNC(=O)Nc1cc(C(C)(C)C)nn1C. The standard InChI is InChI=1S/C17H32N4O/c1-6-7-8-9-10-11-12-18-16(22)19-15-13-14(17(2,3)4)20-21(15)5/h13H,6-12H2,1-5H3,(H2,18,19,22). The molecule has 0 saturated carbocycles. The zero-order valence-electron chi connectivity index (χ0n) is 14.8. The van der Waals surface area contributed by atoms with Gasteiger partial charge < -0.3 is 5.32 Å². The van der Waals surface area contributed by atoms with Crippen molar-refractivity contribution in [3.8, 4) is 0 Å². The maximum atomic E-state index is 11.9. The van der Waals surface area contributed by atoms with E-state index in [2.05, 4.69) is 43.4 Å². The molecule has 0 aromatic carbocycles. The summed E-state index contributed by atoms with van der Waals surface area (Å²) in [7, 11) is 1.85. The average molecular weight is 308 g/mol. The molecule has 0 aliphatic heterocycles. The van der Waals surface area contributed by atoms with Crippen molar-refractivity contribution in [3.63, 3.8) is 0 Å². The van der Waals surface area contributed by atoms with Crippen LogP contribution in [0.3, 0.4) is 0 Å². The topological polar surface area (TPSA) is 59.0 Å². The number of aromatic nitrogens is 2. The first-order valence-corrected chi connectivity index (χ1v) is 8.44. The van der Waals surface area contributed by atoms with Crippen molar-refractivity contribution in [2.75, 3.05) is 11.9 Å². The van der Waals surface area contributed by atoms with Gasteiger partial charge in [0.15, 0.2) is 0 Å². The Hall–Kier alpha value is -1.52. The number of aryl methyl sites for hydroxylation is 1. The zero-order valence-corrected chi connectivity index (χ0v) is 14.8. The van der Waals surface area contributed by atoms with E-state index in [0.29, 0.717) is 0 Å². The lowest BCUT2D eigenvalue weighted by molar-refractivity contribution is 0.251. The predicted molar refractivity (Wildman–Crippen MR) is 92.3 cm³/mol. The highest BCUT2D eigenvalue weighted by Crippen LogP contribution is 2.23. The number of nitrogens with one attached hydrogen (secondary N) is 2. The van der Waals surface area contributed by atoms with Gasteiger partial charge in [-0.15, -0.1) is 0 Å². The summed E-state index contributed by atoms with van der Waals surface area (Å²) in [5.41, 5.74) is 0.952. The molecule has 0 spiro atoms. The number of carbonyl (C=O) groups excluding carboxylic acids is 1. The molecule has 1 aromatic rings. The van der Waals surface area contributed by atoms with Gasteiger partial charge in [-0.2, -0.15) is 5.10 Å². The van der Waals surface area contributed by atoms with Gasteiger partial charge in [0, 0.05) is 25.1 Å². The summed E-state index contributed by atoms with van der Waals surface area (Å²) >= 11 is 0. The second-order valence-corrected chi connectivity index (χ2v) is 6.94. The smallest absolute Gasteiger partial charge is 0.320 e. The monoisotopic (exact) mass is 308 g/mol. The molecule has 1 heterocycles. The highest BCUT2D eigenvalue weighted by Gasteiger charge is 2.19. The molecule has 0 bridgehead atoms. The zero-order chi connectivity index (χ0) is 16.6. The third-order valence-corrected chi connectivity index (χ3v) is 3.71. The van der Waals surface area contributed by atoms with E-state index in [9.17, 15) is 4.79 Å². The molecule has 5 nitrogen and oxygen atoms in total. The van der Waals surface area contributed by atoms with Gasteiger partial charge in [-0.25, -0.2) is 4.79 Å². The lowest BCUT2D eigenvalue weighted by Gasteiger charge is -2.13. The van der Waals surface area contributed by atoms with Crippen LogP contribution in [0.2, 0.25) is 0 Å². The van der Waals surface area contributed by atoms with Gasteiger partial charge in [-0.1, -0.05) is 59.8 Å². The molecule has 126 valence electrons. The number of hydrogen-bond donors (Lipinski definition) is 2. The van der Waals surface area contributed by atoms with Crippen LogP contribution in [-0.4, -0.2) is 22.4 Å². The Balaban J connectivity index is 2.29. The van der Waals surface area contributed by atoms with E-state index in [1.165, 1.54) is 32.1 Å². The molecule has 0 aliphatic carbocycles. The number of carbonyl (C=O) groups is 1. The van der Waals surface area contributed by atoms with Gasteiger partial charge in [0.2, 0.25) is 0 Å². The molecule has 2 amide bonds. The number of nitrogens with zero attached hydrogens (tertiary/aromatic N) is 2. The largest absolute Gasteiger partial charge is 0.338 e. The Morgan fingerprint density at radius 1 is 1.18 bits per heavy atom. The van der Waals surface area contributed by atoms with Gasteiger partial charge >= 0.3 is 6.03 Å². The fourth-order valence-electron chi connectivity index (χ4n) is 2.22. The number of anilines is 1. The van der Waals surface area contributed by atoms with Crippen LogP contribution in [0.5, 0.6) is 0 Å². The summed E-state index contributed by atoms with van der Waals surface area (Å²) in [5, 5.41) is 10.2. The van der Waals surface area contributed by atoms with Crippen LogP contribution in [0, 0.1) is 0 Å². The highest BCUT2D eigenvalue weighted by molar-refractivity contribution is 5.88. The fourth-order valence-corrected chi connectivity index (χ4v) is 2.22. The predicted octanol–water partition coefficient (Wildman–Crippen LogP) is 4.20. The molecule has 0 aliphatic rings. The molecule has 0 atom stereocenters. The highest BCUT2D eigenvalue weighted by atomic mass is 16.2. The van der Waals surface area contributed by atoms with Gasteiger partial charge in [0.05, 0.1) is 5.69 Å². The quantitative estimate of drug-likeness (QED) is 0.707. The van der Waals surface area contributed by atoms with Crippen LogP contribution in [0.25, 0.3) is 0 Å². The van der Waals surface area contributed by atoms with Gasteiger partial charge in [-0.05, 0) is 6.42 Å². The van der Waals surface area contributed by atoms with Crippen molar-refractivity contribution in [2.45, 2.75) is 71.6 Å². The number of amides is 2. The summed E-state index contributed by atoms with van der Waals surface area (Å²) in [6.07, 6.45) is 7.35. The number of urea groups is 1. The van der Waals surface area contributed by atoms with E-state index in [0.717, 1.165) is 24.5 Å². The summed E-state index contributed by atoms with van der Waals surface area (Å²) in [5.74, 6) is 0.727. The Labute approximate surface area is 134 Å². The lowest BCUT2D eigenvalue weighted by Crippen LogP contribution is -2.30. The van der Waals surface area contributed by atoms with E-state index in [4.69, 9.17) is 0 Å². The van der Waals surface area contributed by atoms with Crippen LogP contribution in [0.4, 0.5) is 10.6 Å². The molecule has 22 heavy (non-hydrogen) atoms. The van der Waals surface area contributed by atoms with Gasteiger partial charge in [0.25, 0.3) is 0 Å². The Bertz CT molecular complexity index is 460. The maximum Gasteiger partial charge on any atom is 0.320 e. The molecule has 0 fully saturated rings. The molecule has 2 N–H and O–H groups in total. The molecule has 0 saturated heterocycles. The Morgan fingerprint density at radius 3 is 2.41 bits per heavy atom. The van der Waals surface area contributed by atoms with Crippen LogP contribution in [0.1, 0.15) is 71.9 Å². The van der Waals surface area contributed by atoms with E-state index < -0.39 is 0 Å². The summed E-state index contributed by atoms with van der Waals surface area (Å²) in [6, 6.07) is 1.78. The Morgan fingerprint density at radius 2 is 1.82 bits per heavy atom. The van der Waals surface area contributed by atoms with Crippen LogP contribution < -0.4 is 10.6 Å². The van der Waals surface area contributed by atoms with E-state index in [-0.39, 0.29) is 11.4 Å². The van der Waals surface area contributed by atoms with E-state index in [1.54, 1.807) is 4.68 Å². The molecule has 5 heteroatoms. The Kier molecular flexibility index (Phi) is 7.42. The number of rotatable bonds is 8. The van der Waals surface area contributed by atoms with E-state index >= 15 is 0 Å². The molecular weight excluding hydrogens is 276 g/mol. The first-order chi connectivity index (χ1) is 10.3. The molecule has 1 aromatic heterocycles. The minimum atomic E-state index is -0.156. The normalized spacial score (nSPS) is 11.5. The third kappa shape index (κ3) is 6.50. The second kappa shape index (κ2) is 8.81. The molecular formula is C17H32N4O. The van der Waals surface area contributed by atoms with Crippen molar-refractivity contribution in [2.24, 2.45) is 7.05 Å². The summed E-state index contributed by atoms with van der Waals surface area (Å²) in [4.78, 5) is 11.9. The van der Waals surface area contributed by atoms with Crippen LogP contribution in [0.15, 0.2) is 6.07 Å². The molecule has 1 rings (SSSR count). The molecule has 0 unspecified atom stereocenters. The first-order valence-electron chi connectivity index (χ1n) is 8.44. The van der Waals surface area contributed by atoms with E-state index in [1.807, 2.05) is 13.1 Å². The van der Waals surface area contributed by atoms with Gasteiger partial charge in [-0.3, -0.25) is 10.00 Å². The minimum Gasteiger partial charge on any atom is -0.338 e. The fraction of sp³-hybridized carbons (Fsp3) is 0.765. The summed E-state index contributed by atoms with van der Waals surface area (Å²) in [6.45, 7) is 9.27. The van der Waals surface area contributed by atoms with Crippen molar-refractivity contribution in [3.05, 3.63) is 11.8 Å². The van der Waals surface area contributed by atoms with Crippen LogP contribution in [-0.2, 0) is 12.5 Å². The maximum absolute atomic E-state index is 11.9. The van der Waals surface area contributed by atoms with Gasteiger partial charge in [0.1, 0.15) is 5.82 Å². The number of hydrogen-bond acceptors (Lipinski definition) is 2. The third-order valence-electron chi connectivity index (χ3n) is 3.71. The number of unbranched alkanes of at least 4 members (excludes halogenated alkanes) is 5. The minimum absolute atomic E-state index is 0.0212. The summed E-state index contributed by atoms with van der Waals surface area (Å²) < 4.78 is 1.71. The van der Waals surface area contributed by atoms with Crippen molar-refractivity contribution >= 4 is 11.8 Å².